The number of hydrogen-bond acceptors (Lipinski definition) is 5. The van der Waals surface area contributed by atoms with Gasteiger partial charge in [0.1, 0.15) is 0 Å². The Balaban J connectivity index is 1.27. The van der Waals surface area contributed by atoms with Crippen molar-refractivity contribution < 1.29 is 4.74 Å². The molecule has 3 aromatic rings. The number of likely N-dealkylation sites (tertiary alicyclic amines) is 1. The standard InChI is InChI=1S/C28H32N4O2/c33-28-26(25-7-2-1-5-22(25)18-30-11-13-34-14-12-30)8-9-27-23-15-21(17-32(27)28)16-31(19-23)20-24-6-3-4-10-29-24/h1-10,21,23H,11-20H2/t21-,23-/m1/s1. The molecule has 0 aliphatic carbocycles. The number of aromatic nitrogens is 2. The summed E-state index contributed by atoms with van der Waals surface area (Å²) in [4.78, 5) is 23.2. The van der Waals surface area contributed by atoms with Gasteiger partial charge in [-0.1, -0.05) is 30.3 Å². The van der Waals surface area contributed by atoms with Crippen LogP contribution in [-0.4, -0.2) is 58.7 Å². The minimum atomic E-state index is 0.166. The van der Waals surface area contributed by atoms with Crippen molar-refractivity contribution in [2.75, 3.05) is 39.4 Å². The van der Waals surface area contributed by atoms with Crippen LogP contribution in [0.15, 0.2) is 65.6 Å². The molecule has 2 fully saturated rings. The molecule has 5 heterocycles. The Kier molecular flexibility index (Phi) is 6.04. The zero-order chi connectivity index (χ0) is 22.9. The smallest absolute Gasteiger partial charge is 0.258 e. The average molecular weight is 457 g/mol. The van der Waals surface area contributed by atoms with Crippen molar-refractivity contribution in [1.29, 1.82) is 0 Å². The Morgan fingerprint density at radius 3 is 2.56 bits per heavy atom. The largest absolute Gasteiger partial charge is 0.379 e. The SMILES string of the molecule is O=c1c(-c2ccccc2CN2CCOCC2)ccc2n1C[C@@H]1C[C@@H]2CN(Cc2ccccn2)C1. The molecule has 34 heavy (non-hydrogen) atoms. The normalized spacial score (nSPS) is 22.9. The maximum atomic E-state index is 13.8. The van der Waals surface area contributed by atoms with E-state index < -0.39 is 0 Å². The van der Waals surface area contributed by atoms with Crippen LogP contribution in [0, 0.1) is 5.92 Å². The number of ether oxygens (including phenoxy) is 1. The molecule has 0 saturated carbocycles. The third-order valence-electron chi connectivity index (χ3n) is 7.60. The van der Waals surface area contributed by atoms with Crippen LogP contribution >= 0.6 is 0 Å². The summed E-state index contributed by atoms with van der Waals surface area (Å²) in [7, 11) is 0. The highest BCUT2D eigenvalue weighted by Crippen LogP contribution is 2.36. The van der Waals surface area contributed by atoms with Crippen LogP contribution in [0.25, 0.3) is 11.1 Å². The van der Waals surface area contributed by atoms with Gasteiger partial charge in [-0.2, -0.15) is 0 Å². The highest BCUT2D eigenvalue weighted by atomic mass is 16.5. The lowest BCUT2D eigenvalue weighted by Crippen LogP contribution is -2.47. The van der Waals surface area contributed by atoms with Gasteiger partial charge in [0, 0.05) is 69.2 Å². The third kappa shape index (κ3) is 4.33. The minimum Gasteiger partial charge on any atom is -0.379 e. The summed E-state index contributed by atoms with van der Waals surface area (Å²) < 4.78 is 7.59. The van der Waals surface area contributed by atoms with Crippen LogP contribution in [0.2, 0.25) is 0 Å². The molecule has 2 aromatic heterocycles. The molecule has 2 atom stereocenters. The summed E-state index contributed by atoms with van der Waals surface area (Å²) in [6.07, 6.45) is 3.04. The maximum absolute atomic E-state index is 13.8. The quantitative estimate of drug-likeness (QED) is 0.589. The van der Waals surface area contributed by atoms with Crippen molar-refractivity contribution in [3.8, 4) is 11.1 Å². The molecule has 0 amide bonds. The van der Waals surface area contributed by atoms with Gasteiger partial charge in [0.15, 0.2) is 0 Å². The zero-order valence-corrected chi connectivity index (χ0v) is 19.6. The summed E-state index contributed by atoms with van der Waals surface area (Å²) in [5.74, 6) is 0.910. The van der Waals surface area contributed by atoms with Crippen LogP contribution in [0.5, 0.6) is 0 Å². The minimum absolute atomic E-state index is 0.166. The van der Waals surface area contributed by atoms with E-state index in [1.165, 1.54) is 17.7 Å². The van der Waals surface area contributed by atoms with Crippen LogP contribution in [0.1, 0.15) is 29.3 Å². The van der Waals surface area contributed by atoms with E-state index in [9.17, 15) is 4.79 Å². The molecule has 0 radical (unpaired) electrons. The zero-order valence-electron chi connectivity index (χ0n) is 19.6. The van der Waals surface area contributed by atoms with E-state index in [1.54, 1.807) is 0 Å². The Labute approximate surface area is 200 Å². The van der Waals surface area contributed by atoms with Crippen LogP contribution in [0.3, 0.4) is 0 Å². The molecule has 3 aliphatic rings. The summed E-state index contributed by atoms with van der Waals surface area (Å²) in [5, 5.41) is 0. The van der Waals surface area contributed by atoms with Gasteiger partial charge in [-0.05, 0) is 47.7 Å². The average Bonchev–Trinajstić information content (AvgIpc) is 2.87. The van der Waals surface area contributed by atoms with Gasteiger partial charge in [0.05, 0.1) is 18.9 Å². The van der Waals surface area contributed by atoms with Gasteiger partial charge < -0.3 is 9.30 Å². The molecule has 6 nitrogen and oxygen atoms in total. The second kappa shape index (κ2) is 9.45. The number of benzene rings is 1. The first-order valence-corrected chi connectivity index (χ1v) is 12.5. The molecular formula is C28H32N4O2. The van der Waals surface area contributed by atoms with E-state index in [2.05, 4.69) is 61.8 Å². The molecule has 6 heteroatoms. The predicted octanol–water partition coefficient (Wildman–Crippen LogP) is 3.36. The second-order valence-corrected chi connectivity index (χ2v) is 9.95. The predicted molar refractivity (Wildman–Crippen MR) is 133 cm³/mol. The Morgan fingerprint density at radius 1 is 0.853 bits per heavy atom. The summed E-state index contributed by atoms with van der Waals surface area (Å²) in [5.41, 5.74) is 5.60. The van der Waals surface area contributed by atoms with Gasteiger partial charge in [-0.25, -0.2) is 0 Å². The van der Waals surface area contributed by atoms with Gasteiger partial charge >= 0.3 is 0 Å². The number of nitrogens with zero attached hydrogens (tertiary/aromatic N) is 4. The number of hydrogen-bond donors (Lipinski definition) is 0. The third-order valence-corrected chi connectivity index (χ3v) is 7.60. The fourth-order valence-electron chi connectivity index (χ4n) is 6.02. The Morgan fingerprint density at radius 2 is 1.71 bits per heavy atom. The van der Waals surface area contributed by atoms with E-state index in [-0.39, 0.29) is 5.56 Å². The molecule has 2 bridgehead atoms. The van der Waals surface area contributed by atoms with Crippen LogP contribution in [-0.2, 0) is 24.4 Å². The highest BCUT2D eigenvalue weighted by molar-refractivity contribution is 5.66. The molecule has 6 rings (SSSR count). The van der Waals surface area contributed by atoms with E-state index >= 15 is 0 Å². The number of rotatable bonds is 5. The van der Waals surface area contributed by atoms with E-state index in [1.807, 2.05) is 18.3 Å². The van der Waals surface area contributed by atoms with E-state index in [0.29, 0.717) is 11.8 Å². The Hall–Kier alpha value is -2.80. The Bertz CT molecular complexity index is 1200. The topological polar surface area (TPSA) is 50.6 Å². The number of morpholine rings is 1. The van der Waals surface area contributed by atoms with Crippen molar-refractivity contribution >= 4 is 0 Å². The van der Waals surface area contributed by atoms with E-state index in [0.717, 1.165) is 75.8 Å². The number of piperidine rings is 1. The molecule has 3 aliphatic heterocycles. The molecule has 1 aromatic carbocycles. The van der Waals surface area contributed by atoms with Crippen molar-refractivity contribution in [2.45, 2.75) is 32.0 Å². The maximum Gasteiger partial charge on any atom is 0.258 e. The highest BCUT2D eigenvalue weighted by Gasteiger charge is 2.35. The van der Waals surface area contributed by atoms with Crippen molar-refractivity contribution in [1.82, 2.24) is 19.4 Å². The number of fused-ring (bicyclic) bond motifs is 4. The fraction of sp³-hybridized carbons (Fsp3) is 0.429. The fourth-order valence-corrected chi connectivity index (χ4v) is 6.02. The molecule has 0 spiro atoms. The first-order valence-electron chi connectivity index (χ1n) is 12.5. The first kappa shape index (κ1) is 21.7. The lowest BCUT2D eigenvalue weighted by molar-refractivity contribution is 0.0342. The molecule has 176 valence electrons. The van der Waals surface area contributed by atoms with Crippen LogP contribution in [0.4, 0.5) is 0 Å². The molecule has 0 N–H and O–H groups in total. The summed E-state index contributed by atoms with van der Waals surface area (Å²) >= 11 is 0. The lowest BCUT2D eigenvalue weighted by Gasteiger charge is -2.42. The summed E-state index contributed by atoms with van der Waals surface area (Å²) in [6, 6.07) is 18.8. The van der Waals surface area contributed by atoms with Crippen molar-refractivity contribution in [3.05, 3.63) is 88.1 Å². The van der Waals surface area contributed by atoms with Crippen molar-refractivity contribution in [2.24, 2.45) is 5.92 Å². The molecular weight excluding hydrogens is 424 g/mol. The van der Waals surface area contributed by atoms with Crippen molar-refractivity contribution in [3.63, 3.8) is 0 Å². The van der Waals surface area contributed by atoms with Gasteiger partial charge in [-0.3, -0.25) is 19.6 Å². The van der Waals surface area contributed by atoms with Gasteiger partial charge in [-0.15, -0.1) is 0 Å². The van der Waals surface area contributed by atoms with Gasteiger partial charge in [0.2, 0.25) is 0 Å². The summed E-state index contributed by atoms with van der Waals surface area (Å²) in [6.45, 7) is 8.00. The molecule has 0 unspecified atom stereocenters. The molecule has 2 saturated heterocycles. The lowest BCUT2D eigenvalue weighted by atomic mass is 9.82. The first-order chi connectivity index (χ1) is 16.7. The second-order valence-electron chi connectivity index (χ2n) is 9.95. The number of pyridine rings is 2. The van der Waals surface area contributed by atoms with E-state index in [4.69, 9.17) is 4.74 Å². The van der Waals surface area contributed by atoms with Gasteiger partial charge in [0.25, 0.3) is 5.56 Å². The monoisotopic (exact) mass is 456 g/mol. The van der Waals surface area contributed by atoms with Crippen LogP contribution < -0.4 is 5.56 Å².